The van der Waals surface area contributed by atoms with Crippen LogP contribution in [0.2, 0.25) is 0 Å². The molecule has 0 aromatic heterocycles. The fourth-order valence-corrected chi connectivity index (χ4v) is 3.06. The molecule has 0 spiro atoms. The highest BCUT2D eigenvalue weighted by Gasteiger charge is 2.16. The fourth-order valence-electron chi connectivity index (χ4n) is 3.06. The highest BCUT2D eigenvalue weighted by atomic mass is 16.5. The van der Waals surface area contributed by atoms with Crippen molar-refractivity contribution in [1.82, 2.24) is 0 Å². The Morgan fingerprint density at radius 1 is 0.960 bits per heavy atom. The van der Waals surface area contributed by atoms with Crippen LogP contribution in [-0.2, 0) is 9.53 Å². The number of ether oxygens (including phenoxy) is 1. The zero-order valence-corrected chi connectivity index (χ0v) is 16.4. The molecule has 0 saturated carbocycles. The topological polar surface area (TPSA) is 46.5 Å². The van der Waals surface area contributed by atoms with Crippen molar-refractivity contribution in [3.8, 4) is 0 Å². The van der Waals surface area contributed by atoms with Crippen molar-refractivity contribution < 1.29 is 14.6 Å². The molecule has 3 heteroatoms. The van der Waals surface area contributed by atoms with E-state index in [9.17, 15) is 9.90 Å². The van der Waals surface area contributed by atoms with Crippen LogP contribution in [0.15, 0.2) is 25.3 Å². The Balaban J connectivity index is 3.58. The third kappa shape index (κ3) is 16.1. The molecule has 0 aliphatic heterocycles. The van der Waals surface area contributed by atoms with E-state index in [1.54, 1.807) is 6.08 Å². The first-order valence-electron chi connectivity index (χ1n) is 10.3. The summed E-state index contributed by atoms with van der Waals surface area (Å²) in [5, 5.41) is 10.1. The lowest BCUT2D eigenvalue weighted by atomic mass is 10.0. The minimum atomic E-state index is -0.436. The molecule has 0 aliphatic carbocycles. The monoisotopic (exact) mass is 352 g/mol. The summed E-state index contributed by atoms with van der Waals surface area (Å²) in [6.07, 6.45) is 18.3. The Morgan fingerprint density at radius 3 is 1.96 bits per heavy atom. The Labute approximate surface area is 155 Å². The van der Waals surface area contributed by atoms with Gasteiger partial charge in [0, 0.05) is 18.9 Å². The molecular weight excluding hydrogens is 312 g/mol. The number of hydrogen-bond donors (Lipinski definition) is 1. The predicted octanol–water partition coefficient (Wildman–Crippen LogP) is 6.11. The molecular formula is C22H40O3. The van der Waals surface area contributed by atoms with Crippen LogP contribution >= 0.6 is 0 Å². The third-order valence-corrected chi connectivity index (χ3v) is 4.55. The number of rotatable bonds is 18. The van der Waals surface area contributed by atoms with Crippen LogP contribution in [0.1, 0.15) is 96.8 Å². The molecule has 3 nitrogen and oxygen atoms in total. The highest BCUT2D eigenvalue weighted by molar-refractivity contribution is 5.81. The molecule has 146 valence electrons. The minimum Gasteiger partial charge on any atom is -0.459 e. The predicted molar refractivity (Wildman–Crippen MR) is 107 cm³/mol. The Kier molecular flexibility index (Phi) is 17.0. The Hall–Kier alpha value is -1.09. The summed E-state index contributed by atoms with van der Waals surface area (Å²) in [4.78, 5) is 11.3. The van der Waals surface area contributed by atoms with Gasteiger partial charge < -0.3 is 9.84 Å². The first-order valence-corrected chi connectivity index (χ1v) is 10.3. The fraction of sp³-hybridized carbons (Fsp3) is 0.773. The molecule has 0 aromatic rings. The second kappa shape index (κ2) is 17.7. The van der Waals surface area contributed by atoms with E-state index < -0.39 is 12.1 Å². The lowest BCUT2D eigenvalue weighted by Crippen LogP contribution is -2.22. The molecule has 0 aliphatic rings. The summed E-state index contributed by atoms with van der Waals surface area (Å²) in [7, 11) is 0. The summed E-state index contributed by atoms with van der Waals surface area (Å²) < 4.78 is 5.23. The molecule has 2 atom stereocenters. The van der Waals surface area contributed by atoms with Crippen LogP contribution in [0.3, 0.4) is 0 Å². The van der Waals surface area contributed by atoms with Gasteiger partial charge in [0.15, 0.2) is 0 Å². The number of carbonyl (C=O) groups is 1. The average Bonchev–Trinajstić information content (AvgIpc) is 2.59. The highest BCUT2D eigenvalue weighted by Crippen LogP contribution is 2.16. The molecule has 0 bridgehead atoms. The molecule has 0 saturated heterocycles. The van der Waals surface area contributed by atoms with Gasteiger partial charge in [-0.05, 0) is 6.42 Å². The summed E-state index contributed by atoms with van der Waals surface area (Å²) >= 11 is 0. The van der Waals surface area contributed by atoms with Gasteiger partial charge in [-0.1, -0.05) is 90.2 Å². The van der Waals surface area contributed by atoms with E-state index in [0.29, 0.717) is 12.8 Å². The maximum absolute atomic E-state index is 11.3. The molecule has 0 radical (unpaired) electrons. The van der Waals surface area contributed by atoms with Crippen molar-refractivity contribution >= 4 is 5.97 Å². The van der Waals surface area contributed by atoms with Crippen molar-refractivity contribution in [1.29, 1.82) is 0 Å². The van der Waals surface area contributed by atoms with Crippen molar-refractivity contribution in [3.05, 3.63) is 25.3 Å². The second-order valence-electron chi connectivity index (χ2n) is 7.00. The van der Waals surface area contributed by atoms with Crippen molar-refractivity contribution in [2.45, 2.75) is 109 Å². The SMILES string of the molecule is C=CC[C@H](C[C@H](O)CCCCCCCCCCCCC)OC(=O)C=C. The molecule has 0 amide bonds. The van der Waals surface area contributed by atoms with Gasteiger partial charge in [0.1, 0.15) is 6.10 Å². The van der Waals surface area contributed by atoms with Crippen LogP contribution < -0.4 is 0 Å². The van der Waals surface area contributed by atoms with Gasteiger partial charge in [-0.2, -0.15) is 0 Å². The molecule has 0 unspecified atom stereocenters. The zero-order chi connectivity index (χ0) is 18.8. The number of aliphatic hydroxyl groups is 1. The minimum absolute atomic E-state index is 0.300. The first kappa shape index (κ1) is 23.9. The maximum Gasteiger partial charge on any atom is 0.330 e. The van der Waals surface area contributed by atoms with E-state index in [2.05, 4.69) is 20.1 Å². The smallest absolute Gasteiger partial charge is 0.330 e. The Morgan fingerprint density at radius 2 is 1.48 bits per heavy atom. The van der Waals surface area contributed by atoms with Crippen molar-refractivity contribution in [3.63, 3.8) is 0 Å². The molecule has 0 fully saturated rings. The largest absolute Gasteiger partial charge is 0.459 e. The van der Waals surface area contributed by atoms with Crippen LogP contribution in [0.25, 0.3) is 0 Å². The molecule has 1 N–H and O–H groups in total. The lowest BCUT2D eigenvalue weighted by Gasteiger charge is -2.19. The summed E-state index contributed by atoms with van der Waals surface area (Å²) in [5.74, 6) is -0.436. The summed E-state index contributed by atoms with van der Waals surface area (Å²) in [5.41, 5.74) is 0. The number of hydrogen-bond acceptors (Lipinski definition) is 3. The lowest BCUT2D eigenvalue weighted by molar-refractivity contribution is -0.144. The molecule has 0 rings (SSSR count). The number of carbonyl (C=O) groups excluding carboxylic acids is 1. The van der Waals surface area contributed by atoms with E-state index in [4.69, 9.17) is 4.74 Å². The molecule has 25 heavy (non-hydrogen) atoms. The Bertz CT molecular complexity index is 338. The average molecular weight is 353 g/mol. The van der Waals surface area contributed by atoms with Gasteiger partial charge in [0.05, 0.1) is 6.10 Å². The quantitative estimate of drug-likeness (QED) is 0.140. The van der Waals surface area contributed by atoms with Gasteiger partial charge in [0.25, 0.3) is 0 Å². The van der Waals surface area contributed by atoms with E-state index in [1.807, 2.05) is 0 Å². The van der Waals surface area contributed by atoms with Gasteiger partial charge in [-0.25, -0.2) is 4.79 Å². The number of unbranched alkanes of at least 4 members (excludes halogenated alkanes) is 10. The van der Waals surface area contributed by atoms with E-state index in [0.717, 1.165) is 18.9 Å². The third-order valence-electron chi connectivity index (χ3n) is 4.55. The van der Waals surface area contributed by atoms with Gasteiger partial charge in [-0.15, -0.1) is 6.58 Å². The summed E-state index contributed by atoms with van der Waals surface area (Å²) in [6.45, 7) is 9.33. The van der Waals surface area contributed by atoms with E-state index >= 15 is 0 Å². The summed E-state index contributed by atoms with van der Waals surface area (Å²) in [6, 6.07) is 0. The number of aliphatic hydroxyl groups excluding tert-OH is 1. The van der Waals surface area contributed by atoms with E-state index in [-0.39, 0.29) is 6.10 Å². The number of esters is 1. The van der Waals surface area contributed by atoms with Gasteiger partial charge in [0.2, 0.25) is 0 Å². The molecule has 0 aromatic carbocycles. The zero-order valence-electron chi connectivity index (χ0n) is 16.4. The van der Waals surface area contributed by atoms with Crippen LogP contribution in [0.4, 0.5) is 0 Å². The van der Waals surface area contributed by atoms with Crippen molar-refractivity contribution in [2.75, 3.05) is 0 Å². The first-order chi connectivity index (χ1) is 12.1. The van der Waals surface area contributed by atoms with Gasteiger partial charge in [-0.3, -0.25) is 0 Å². The second-order valence-corrected chi connectivity index (χ2v) is 7.00. The standard InChI is InChI=1S/C22H40O3/c1-4-7-8-9-10-11-12-13-14-15-16-18-20(23)19-21(17-5-2)25-22(24)6-3/h5-6,20-21,23H,2-4,7-19H2,1H3/t20-,21-/m1/s1. The van der Waals surface area contributed by atoms with Crippen LogP contribution in [0.5, 0.6) is 0 Å². The van der Waals surface area contributed by atoms with Crippen molar-refractivity contribution in [2.24, 2.45) is 0 Å². The van der Waals surface area contributed by atoms with Crippen LogP contribution in [-0.4, -0.2) is 23.3 Å². The molecule has 0 heterocycles. The van der Waals surface area contributed by atoms with Crippen LogP contribution in [0, 0.1) is 0 Å². The normalized spacial score (nSPS) is 13.2. The van der Waals surface area contributed by atoms with E-state index in [1.165, 1.54) is 64.2 Å². The van der Waals surface area contributed by atoms with Gasteiger partial charge >= 0.3 is 5.97 Å². The maximum atomic E-state index is 11.3.